The first-order chi connectivity index (χ1) is 5.27. The summed E-state index contributed by atoms with van der Waals surface area (Å²) >= 11 is 9.71. The molecule has 0 aromatic rings. The molecule has 0 atom stereocenters. The molecular weight excluding hydrogens is 188 g/mol. The standard InChI is InChI=1S/C6H11ClO3S/c1-8-2-3-9-4-5-10-6(7)11/h2-5H2,1H3. The molecule has 0 heterocycles. The number of hydrogen-bond donors (Lipinski definition) is 0. The highest BCUT2D eigenvalue weighted by Crippen LogP contribution is 1.87. The fourth-order valence-electron chi connectivity index (χ4n) is 0.425. The Kier molecular flexibility index (Phi) is 8.27. The van der Waals surface area contributed by atoms with Gasteiger partial charge in [0, 0.05) is 7.11 Å². The minimum Gasteiger partial charge on any atom is -0.472 e. The second kappa shape index (κ2) is 8.20. The zero-order valence-electron chi connectivity index (χ0n) is 6.34. The van der Waals surface area contributed by atoms with Crippen molar-refractivity contribution >= 4 is 28.3 Å². The lowest BCUT2D eigenvalue weighted by Gasteiger charge is -2.03. The Bertz CT molecular complexity index is 110. The molecule has 0 saturated carbocycles. The monoisotopic (exact) mass is 198 g/mol. The fraction of sp³-hybridized carbons (Fsp3) is 0.833. The zero-order valence-corrected chi connectivity index (χ0v) is 7.91. The van der Waals surface area contributed by atoms with Crippen molar-refractivity contribution in [3.05, 3.63) is 0 Å². The summed E-state index contributed by atoms with van der Waals surface area (Å²) in [5, 5.41) is 0. The Balaban J connectivity index is 2.85. The van der Waals surface area contributed by atoms with E-state index in [4.69, 9.17) is 25.8 Å². The molecule has 0 saturated heterocycles. The number of halogens is 1. The summed E-state index contributed by atoms with van der Waals surface area (Å²) in [4.78, 5) is 0. The van der Waals surface area contributed by atoms with Crippen molar-refractivity contribution < 1.29 is 14.2 Å². The Morgan fingerprint density at radius 3 is 2.45 bits per heavy atom. The molecule has 0 rings (SSSR count). The molecule has 0 spiro atoms. The molecule has 0 amide bonds. The van der Waals surface area contributed by atoms with E-state index in [-0.39, 0.29) is 4.51 Å². The van der Waals surface area contributed by atoms with E-state index in [1.807, 2.05) is 0 Å². The summed E-state index contributed by atoms with van der Waals surface area (Å²) in [5.74, 6) is 0. The maximum absolute atomic E-state index is 5.25. The van der Waals surface area contributed by atoms with Gasteiger partial charge in [-0.1, -0.05) is 0 Å². The summed E-state index contributed by atoms with van der Waals surface area (Å²) in [5.41, 5.74) is 0. The Hall–Kier alpha value is 0.1000. The van der Waals surface area contributed by atoms with Crippen LogP contribution in [0.15, 0.2) is 0 Å². The van der Waals surface area contributed by atoms with Gasteiger partial charge in [0.15, 0.2) is 0 Å². The number of rotatable bonds is 6. The van der Waals surface area contributed by atoms with Gasteiger partial charge in [-0.2, -0.15) is 0 Å². The van der Waals surface area contributed by atoms with Crippen LogP contribution in [0.4, 0.5) is 0 Å². The molecule has 0 aromatic carbocycles. The number of ether oxygens (including phenoxy) is 3. The van der Waals surface area contributed by atoms with E-state index < -0.39 is 0 Å². The molecule has 0 N–H and O–H groups in total. The molecule has 11 heavy (non-hydrogen) atoms. The van der Waals surface area contributed by atoms with Gasteiger partial charge in [0.05, 0.1) is 19.8 Å². The average molecular weight is 199 g/mol. The second-order valence-corrected chi connectivity index (χ2v) is 2.63. The third-order valence-electron chi connectivity index (χ3n) is 0.875. The highest BCUT2D eigenvalue weighted by Gasteiger charge is 1.90. The molecule has 0 aliphatic carbocycles. The molecule has 0 fully saturated rings. The maximum Gasteiger partial charge on any atom is 0.255 e. The summed E-state index contributed by atoms with van der Waals surface area (Å²) < 4.78 is 14.6. The van der Waals surface area contributed by atoms with Crippen LogP contribution >= 0.6 is 23.8 Å². The van der Waals surface area contributed by atoms with E-state index in [0.29, 0.717) is 26.4 Å². The first kappa shape index (κ1) is 11.1. The third-order valence-corrected chi connectivity index (χ3v) is 1.10. The lowest BCUT2D eigenvalue weighted by molar-refractivity contribution is 0.0537. The molecule has 0 aromatic heterocycles. The molecule has 66 valence electrons. The second-order valence-electron chi connectivity index (χ2n) is 1.69. The van der Waals surface area contributed by atoms with Crippen molar-refractivity contribution in [2.24, 2.45) is 0 Å². The predicted octanol–water partition coefficient (Wildman–Crippen LogP) is 1.19. The zero-order chi connectivity index (χ0) is 8.53. The lowest BCUT2D eigenvalue weighted by atomic mass is 10.7. The average Bonchev–Trinajstić information content (AvgIpc) is 1.96. The van der Waals surface area contributed by atoms with Gasteiger partial charge < -0.3 is 14.2 Å². The van der Waals surface area contributed by atoms with Crippen LogP contribution in [0.3, 0.4) is 0 Å². The van der Waals surface area contributed by atoms with E-state index >= 15 is 0 Å². The molecule has 0 unspecified atom stereocenters. The number of thiocarbonyl (C=S) groups is 1. The first-order valence-electron chi connectivity index (χ1n) is 3.16. The Morgan fingerprint density at radius 1 is 1.27 bits per heavy atom. The maximum atomic E-state index is 5.25. The molecule has 0 aliphatic rings. The highest BCUT2D eigenvalue weighted by atomic mass is 35.5. The third kappa shape index (κ3) is 10.1. The summed E-state index contributed by atoms with van der Waals surface area (Å²) in [6.45, 7) is 2.03. The van der Waals surface area contributed by atoms with Gasteiger partial charge in [0.1, 0.15) is 6.61 Å². The summed E-state index contributed by atoms with van der Waals surface area (Å²) in [6.07, 6.45) is 0. The largest absolute Gasteiger partial charge is 0.472 e. The van der Waals surface area contributed by atoms with Crippen LogP contribution in [-0.4, -0.2) is 38.0 Å². The lowest BCUT2D eigenvalue weighted by Crippen LogP contribution is -2.08. The van der Waals surface area contributed by atoms with Crippen molar-refractivity contribution in [2.75, 3.05) is 33.5 Å². The van der Waals surface area contributed by atoms with Gasteiger partial charge in [-0.3, -0.25) is 0 Å². The summed E-state index contributed by atoms with van der Waals surface area (Å²) in [7, 11) is 1.62. The van der Waals surface area contributed by atoms with Gasteiger partial charge in [-0.15, -0.1) is 0 Å². The number of methoxy groups -OCH3 is 1. The van der Waals surface area contributed by atoms with Crippen molar-refractivity contribution in [3.63, 3.8) is 0 Å². The van der Waals surface area contributed by atoms with E-state index in [2.05, 4.69) is 12.2 Å². The van der Waals surface area contributed by atoms with Gasteiger partial charge in [-0.25, -0.2) is 0 Å². The van der Waals surface area contributed by atoms with Crippen LogP contribution in [0.1, 0.15) is 0 Å². The van der Waals surface area contributed by atoms with Crippen LogP contribution in [-0.2, 0) is 14.2 Å². The van der Waals surface area contributed by atoms with E-state index in [1.54, 1.807) is 7.11 Å². The topological polar surface area (TPSA) is 27.7 Å². The molecule has 5 heteroatoms. The Labute approximate surface area is 76.6 Å². The summed E-state index contributed by atoms with van der Waals surface area (Å²) in [6, 6.07) is 0. The molecule has 3 nitrogen and oxygen atoms in total. The first-order valence-corrected chi connectivity index (χ1v) is 3.95. The normalized spacial score (nSPS) is 9.64. The van der Waals surface area contributed by atoms with Crippen molar-refractivity contribution in [3.8, 4) is 0 Å². The minimum absolute atomic E-state index is 0.0281. The van der Waals surface area contributed by atoms with Gasteiger partial charge >= 0.3 is 0 Å². The smallest absolute Gasteiger partial charge is 0.255 e. The van der Waals surface area contributed by atoms with Gasteiger partial charge in [0.2, 0.25) is 0 Å². The molecule has 0 bridgehead atoms. The highest BCUT2D eigenvalue weighted by molar-refractivity contribution is 7.82. The van der Waals surface area contributed by atoms with Crippen molar-refractivity contribution in [1.29, 1.82) is 0 Å². The van der Waals surface area contributed by atoms with Crippen LogP contribution in [0.25, 0.3) is 0 Å². The SMILES string of the molecule is COCCOCCOC(=S)Cl. The van der Waals surface area contributed by atoms with Crippen LogP contribution in [0, 0.1) is 0 Å². The van der Waals surface area contributed by atoms with Crippen molar-refractivity contribution in [2.45, 2.75) is 0 Å². The van der Waals surface area contributed by atoms with Crippen molar-refractivity contribution in [1.82, 2.24) is 0 Å². The van der Waals surface area contributed by atoms with Crippen LogP contribution in [0.5, 0.6) is 0 Å². The Morgan fingerprint density at radius 2 is 1.91 bits per heavy atom. The van der Waals surface area contributed by atoms with Gasteiger partial charge in [0.25, 0.3) is 4.51 Å². The fourth-order valence-corrected chi connectivity index (χ4v) is 0.586. The molecule has 0 aliphatic heterocycles. The van der Waals surface area contributed by atoms with E-state index in [9.17, 15) is 0 Å². The van der Waals surface area contributed by atoms with Gasteiger partial charge in [-0.05, 0) is 23.8 Å². The predicted molar refractivity (Wildman–Crippen MR) is 47.1 cm³/mol. The number of hydrogen-bond acceptors (Lipinski definition) is 4. The molecule has 0 radical (unpaired) electrons. The quantitative estimate of drug-likeness (QED) is 0.364. The van der Waals surface area contributed by atoms with Crippen LogP contribution in [0.2, 0.25) is 0 Å². The van der Waals surface area contributed by atoms with E-state index in [0.717, 1.165) is 0 Å². The molecular formula is C6H11ClO3S. The van der Waals surface area contributed by atoms with E-state index in [1.165, 1.54) is 0 Å². The van der Waals surface area contributed by atoms with Crippen LogP contribution < -0.4 is 0 Å². The minimum atomic E-state index is 0.0281.